The molecule has 0 aliphatic carbocycles. The van der Waals surface area contributed by atoms with Crippen molar-refractivity contribution in [1.29, 1.82) is 0 Å². The van der Waals surface area contributed by atoms with Crippen LogP contribution < -0.4 is 16.2 Å². The number of nitrogens with two attached hydrogens (primary N) is 2. The van der Waals surface area contributed by atoms with Crippen molar-refractivity contribution >= 4 is 11.4 Å². The van der Waals surface area contributed by atoms with Gasteiger partial charge in [-0.2, -0.15) is 0 Å². The van der Waals surface area contributed by atoms with Crippen LogP contribution in [0.1, 0.15) is 5.56 Å². The fraction of sp³-hybridized carbons (Fsp3) is 0.250. The molecule has 106 valence electrons. The van der Waals surface area contributed by atoms with Crippen LogP contribution in [0.2, 0.25) is 0 Å². The Morgan fingerprint density at radius 2 is 1.75 bits per heavy atom. The van der Waals surface area contributed by atoms with Crippen LogP contribution >= 0.6 is 0 Å². The summed E-state index contributed by atoms with van der Waals surface area (Å²) in [5, 5.41) is 0. The van der Waals surface area contributed by atoms with E-state index in [0.29, 0.717) is 18.0 Å². The largest absolute Gasteiger partial charge is 0.496 e. The normalized spacial score (nSPS) is 10.5. The molecule has 0 aliphatic rings. The van der Waals surface area contributed by atoms with Crippen LogP contribution in [0.15, 0.2) is 36.4 Å². The summed E-state index contributed by atoms with van der Waals surface area (Å²) in [4.78, 5) is 0. The van der Waals surface area contributed by atoms with Crippen LogP contribution in [0.5, 0.6) is 5.75 Å². The van der Waals surface area contributed by atoms with Gasteiger partial charge in [-0.25, -0.2) is 0 Å². The molecular formula is C16H20N2O2. The maximum Gasteiger partial charge on any atom is 0.126 e. The van der Waals surface area contributed by atoms with E-state index in [2.05, 4.69) is 0 Å². The van der Waals surface area contributed by atoms with E-state index in [1.165, 1.54) is 0 Å². The van der Waals surface area contributed by atoms with Crippen LogP contribution in [0.4, 0.5) is 11.4 Å². The van der Waals surface area contributed by atoms with Gasteiger partial charge in [-0.3, -0.25) is 0 Å². The number of nitrogen functional groups attached to an aromatic ring is 2. The molecule has 0 bridgehead atoms. The molecular weight excluding hydrogens is 252 g/mol. The van der Waals surface area contributed by atoms with Gasteiger partial charge in [0.1, 0.15) is 5.75 Å². The lowest BCUT2D eigenvalue weighted by Crippen LogP contribution is -2.04. The minimum atomic E-state index is 0.607. The zero-order chi connectivity index (χ0) is 14.5. The molecule has 2 aromatic rings. The summed E-state index contributed by atoms with van der Waals surface area (Å²) in [5.41, 5.74) is 16.4. The SMILES string of the molecule is COCCc1c(N)cc(N)cc1-c1ccccc1OC. The molecule has 0 atom stereocenters. The molecule has 0 unspecified atom stereocenters. The Morgan fingerprint density at radius 3 is 2.45 bits per heavy atom. The van der Waals surface area contributed by atoms with Gasteiger partial charge in [0.2, 0.25) is 0 Å². The summed E-state index contributed by atoms with van der Waals surface area (Å²) in [6.45, 7) is 0.607. The number of hydrogen-bond donors (Lipinski definition) is 2. The third kappa shape index (κ3) is 2.86. The van der Waals surface area contributed by atoms with Crippen LogP contribution in [0.3, 0.4) is 0 Å². The number of ether oxygens (including phenoxy) is 2. The summed E-state index contributed by atoms with van der Waals surface area (Å²) >= 11 is 0. The second-order valence-corrected chi connectivity index (χ2v) is 4.58. The molecule has 0 saturated carbocycles. The third-order valence-electron chi connectivity index (χ3n) is 3.26. The molecule has 0 heterocycles. The zero-order valence-electron chi connectivity index (χ0n) is 11.8. The highest BCUT2D eigenvalue weighted by atomic mass is 16.5. The van der Waals surface area contributed by atoms with Gasteiger partial charge in [-0.05, 0) is 35.7 Å². The molecule has 0 spiro atoms. The van der Waals surface area contributed by atoms with Crippen molar-refractivity contribution in [3.8, 4) is 16.9 Å². The van der Waals surface area contributed by atoms with Gasteiger partial charge in [-0.15, -0.1) is 0 Å². The first-order valence-electron chi connectivity index (χ1n) is 6.47. The Balaban J connectivity index is 2.59. The molecule has 2 aromatic carbocycles. The average Bonchev–Trinajstić information content (AvgIpc) is 2.45. The van der Waals surface area contributed by atoms with Crippen LogP contribution in [0, 0.1) is 0 Å². The van der Waals surface area contributed by atoms with Crippen LogP contribution in [-0.2, 0) is 11.2 Å². The lowest BCUT2D eigenvalue weighted by molar-refractivity contribution is 0.202. The molecule has 2 rings (SSSR count). The minimum absolute atomic E-state index is 0.607. The van der Waals surface area contributed by atoms with Gasteiger partial charge in [0.15, 0.2) is 0 Å². The molecule has 4 heteroatoms. The quantitative estimate of drug-likeness (QED) is 0.821. The fourth-order valence-corrected chi connectivity index (χ4v) is 2.31. The summed E-state index contributed by atoms with van der Waals surface area (Å²) in [6.07, 6.45) is 0.732. The molecule has 4 nitrogen and oxygen atoms in total. The van der Waals surface area contributed by atoms with E-state index in [-0.39, 0.29) is 0 Å². The standard InChI is InChI=1S/C16H20N2O2/c1-19-8-7-12-14(9-11(17)10-15(12)18)13-5-3-4-6-16(13)20-2/h3-6,9-10H,7-8,17-18H2,1-2H3. The van der Waals surface area contributed by atoms with Crippen molar-refractivity contribution in [2.75, 3.05) is 32.3 Å². The van der Waals surface area contributed by atoms with Crippen molar-refractivity contribution < 1.29 is 9.47 Å². The summed E-state index contributed by atoms with van der Waals surface area (Å²) in [6, 6.07) is 11.5. The fourth-order valence-electron chi connectivity index (χ4n) is 2.31. The van der Waals surface area contributed by atoms with Crippen molar-refractivity contribution in [3.05, 3.63) is 42.0 Å². The van der Waals surface area contributed by atoms with Gasteiger partial charge in [0, 0.05) is 24.0 Å². The van der Waals surface area contributed by atoms with Crippen molar-refractivity contribution in [1.82, 2.24) is 0 Å². The summed E-state index contributed by atoms with van der Waals surface area (Å²) in [7, 11) is 3.33. The number of anilines is 2. The lowest BCUT2D eigenvalue weighted by atomic mass is 9.95. The maximum absolute atomic E-state index is 6.12. The van der Waals surface area contributed by atoms with Gasteiger partial charge >= 0.3 is 0 Å². The van der Waals surface area contributed by atoms with Crippen molar-refractivity contribution in [2.45, 2.75) is 6.42 Å². The Morgan fingerprint density at radius 1 is 1.00 bits per heavy atom. The van der Waals surface area contributed by atoms with Gasteiger partial charge in [0.25, 0.3) is 0 Å². The molecule has 0 radical (unpaired) electrons. The first-order valence-corrected chi connectivity index (χ1v) is 6.47. The smallest absolute Gasteiger partial charge is 0.126 e. The van der Waals surface area contributed by atoms with Crippen LogP contribution in [0.25, 0.3) is 11.1 Å². The topological polar surface area (TPSA) is 70.5 Å². The lowest BCUT2D eigenvalue weighted by Gasteiger charge is -2.16. The Labute approximate surface area is 119 Å². The van der Waals surface area contributed by atoms with E-state index < -0.39 is 0 Å². The Hall–Kier alpha value is -2.20. The molecule has 20 heavy (non-hydrogen) atoms. The van der Waals surface area contributed by atoms with E-state index in [4.69, 9.17) is 20.9 Å². The zero-order valence-corrected chi connectivity index (χ0v) is 11.8. The third-order valence-corrected chi connectivity index (χ3v) is 3.26. The van der Waals surface area contributed by atoms with E-state index in [0.717, 1.165) is 28.9 Å². The van der Waals surface area contributed by atoms with Crippen LogP contribution in [-0.4, -0.2) is 20.8 Å². The van der Waals surface area contributed by atoms with E-state index in [9.17, 15) is 0 Å². The number of methoxy groups -OCH3 is 2. The van der Waals surface area contributed by atoms with E-state index >= 15 is 0 Å². The predicted molar refractivity (Wildman–Crippen MR) is 82.8 cm³/mol. The Kier molecular flexibility index (Phi) is 4.48. The molecule has 0 saturated heterocycles. The van der Waals surface area contributed by atoms with Gasteiger partial charge in [-0.1, -0.05) is 18.2 Å². The molecule has 4 N–H and O–H groups in total. The highest BCUT2D eigenvalue weighted by Gasteiger charge is 2.13. The molecule has 0 aromatic heterocycles. The van der Waals surface area contributed by atoms with E-state index in [1.54, 1.807) is 20.3 Å². The monoisotopic (exact) mass is 272 g/mol. The second-order valence-electron chi connectivity index (χ2n) is 4.58. The second kappa shape index (κ2) is 6.30. The first-order chi connectivity index (χ1) is 9.67. The number of hydrogen-bond acceptors (Lipinski definition) is 4. The Bertz CT molecular complexity index is 597. The van der Waals surface area contributed by atoms with Crippen molar-refractivity contribution in [3.63, 3.8) is 0 Å². The summed E-state index contributed by atoms with van der Waals surface area (Å²) < 4.78 is 10.6. The first kappa shape index (κ1) is 14.2. The molecule has 0 aliphatic heterocycles. The highest BCUT2D eigenvalue weighted by Crippen LogP contribution is 2.36. The van der Waals surface area contributed by atoms with Gasteiger partial charge < -0.3 is 20.9 Å². The number of benzene rings is 2. The highest BCUT2D eigenvalue weighted by molar-refractivity contribution is 5.80. The average molecular weight is 272 g/mol. The number of rotatable bonds is 5. The van der Waals surface area contributed by atoms with E-state index in [1.807, 2.05) is 30.3 Å². The van der Waals surface area contributed by atoms with Crippen molar-refractivity contribution in [2.24, 2.45) is 0 Å². The maximum atomic E-state index is 6.12. The molecule has 0 amide bonds. The molecule has 0 fully saturated rings. The number of para-hydroxylation sites is 1. The minimum Gasteiger partial charge on any atom is -0.496 e. The predicted octanol–water partition coefficient (Wildman–Crippen LogP) is 2.72. The van der Waals surface area contributed by atoms with Gasteiger partial charge in [0.05, 0.1) is 13.7 Å². The summed E-state index contributed by atoms with van der Waals surface area (Å²) in [5.74, 6) is 0.802.